The SMILES string of the molecule is COc1ccc(CN=C(N)NCC(O)CS(=O)(=O)c2cccs2)cc1OC. The van der Waals surface area contributed by atoms with E-state index >= 15 is 0 Å². The second-order valence-electron chi connectivity index (χ2n) is 5.64. The van der Waals surface area contributed by atoms with Crippen molar-refractivity contribution in [3.8, 4) is 11.5 Å². The number of ether oxygens (including phenoxy) is 2. The molecular formula is C17H23N3O5S2. The Morgan fingerprint density at radius 1 is 1.30 bits per heavy atom. The molecule has 0 radical (unpaired) electrons. The third kappa shape index (κ3) is 6.12. The van der Waals surface area contributed by atoms with Gasteiger partial charge in [0.05, 0.1) is 32.6 Å². The largest absolute Gasteiger partial charge is 0.493 e. The molecule has 2 aromatic rings. The molecule has 2 rings (SSSR count). The molecule has 0 spiro atoms. The number of methoxy groups -OCH3 is 2. The summed E-state index contributed by atoms with van der Waals surface area (Å²) in [5.41, 5.74) is 6.64. The summed E-state index contributed by atoms with van der Waals surface area (Å²) in [7, 11) is -0.406. The molecule has 0 aliphatic heterocycles. The lowest BCUT2D eigenvalue weighted by Crippen LogP contribution is -2.39. The smallest absolute Gasteiger partial charge is 0.190 e. The van der Waals surface area contributed by atoms with Crippen LogP contribution in [0.2, 0.25) is 0 Å². The van der Waals surface area contributed by atoms with E-state index in [1.165, 1.54) is 6.07 Å². The Balaban J connectivity index is 1.87. The van der Waals surface area contributed by atoms with Gasteiger partial charge in [-0.25, -0.2) is 13.4 Å². The molecule has 10 heteroatoms. The molecule has 1 aromatic heterocycles. The van der Waals surface area contributed by atoms with Gasteiger partial charge in [0.1, 0.15) is 4.21 Å². The molecule has 1 aromatic carbocycles. The number of aliphatic hydroxyl groups is 1. The summed E-state index contributed by atoms with van der Waals surface area (Å²) < 4.78 is 34.9. The van der Waals surface area contributed by atoms with Gasteiger partial charge in [-0.15, -0.1) is 11.3 Å². The molecule has 1 atom stereocenters. The molecular weight excluding hydrogens is 390 g/mol. The highest BCUT2D eigenvalue weighted by molar-refractivity contribution is 7.93. The molecule has 8 nitrogen and oxygen atoms in total. The van der Waals surface area contributed by atoms with Crippen LogP contribution in [0.4, 0.5) is 0 Å². The van der Waals surface area contributed by atoms with E-state index < -0.39 is 15.9 Å². The number of rotatable bonds is 9. The Labute approximate surface area is 162 Å². The lowest BCUT2D eigenvalue weighted by Gasteiger charge is -2.12. The number of nitrogens with zero attached hydrogens (tertiary/aromatic N) is 1. The highest BCUT2D eigenvalue weighted by atomic mass is 32.2. The fraction of sp³-hybridized carbons (Fsp3) is 0.353. The first-order valence-corrected chi connectivity index (χ1v) is 10.6. The fourth-order valence-electron chi connectivity index (χ4n) is 2.27. The maximum Gasteiger partial charge on any atom is 0.190 e. The van der Waals surface area contributed by atoms with Crippen molar-refractivity contribution in [2.75, 3.05) is 26.5 Å². The van der Waals surface area contributed by atoms with Crippen molar-refractivity contribution in [2.45, 2.75) is 16.9 Å². The van der Waals surface area contributed by atoms with E-state index in [4.69, 9.17) is 15.2 Å². The van der Waals surface area contributed by atoms with Gasteiger partial charge in [-0.05, 0) is 29.1 Å². The van der Waals surface area contributed by atoms with E-state index in [0.29, 0.717) is 18.0 Å². The van der Waals surface area contributed by atoms with Crippen LogP contribution in [0, 0.1) is 0 Å². The van der Waals surface area contributed by atoms with Crippen molar-refractivity contribution in [3.05, 3.63) is 41.3 Å². The molecule has 0 fully saturated rings. The average Bonchev–Trinajstić information content (AvgIpc) is 3.20. The predicted molar refractivity (Wildman–Crippen MR) is 105 cm³/mol. The van der Waals surface area contributed by atoms with Crippen molar-refractivity contribution in [1.82, 2.24) is 5.32 Å². The summed E-state index contributed by atoms with van der Waals surface area (Å²) in [4.78, 5) is 4.17. The first kappa shape index (κ1) is 21.0. The molecule has 0 saturated heterocycles. The zero-order valence-electron chi connectivity index (χ0n) is 15.1. The van der Waals surface area contributed by atoms with E-state index in [0.717, 1.165) is 16.9 Å². The maximum atomic E-state index is 12.1. The molecule has 0 aliphatic carbocycles. The van der Waals surface area contributed by atoms with Crippen molar-refractivity contribution in [1.29, 1.82) is 0 Å². The van der Waals surface area contributed by atoms with Crippen LogP contribution in [0.5, 0.6) is 11.5 Å². The fourth-order valence-corrected chi connectivity index (χ4v) is 4.75. The van der Waals surface area contributed by atoms with Crippen LogP contribution in [-0.2, 0) is 16.4 Å². The quantitative estimate of drug-likeness (QED) is 0.414. The Hall–Kier alpha value is -2.30. The summed E-state index contributed by atoms with van der Waals surface area (Å²) in [6.45, 7) is 0.272. The van der Waals surface area contributed by atoms with Gasteiger partial charge in [0.2, 0.25) is 0 Å². The molecule has 0 amide bonds. The third-order valence-corrected chi connectivity index (χ3v) is 6.90. The minimum Gasteiger partial charge on any atom is -0.493 e. The van der Waals surface area contributed by atoms with Gasteiger partial charge < -0.3 is 25.6 Å². The van der Waals surface area contributed by atoms with E-state index in [1.807, 2.05) is 6.07 Å². The normalized spacial score (nSPS) is 13.2. The van der Waals surface area contributed by atoms with E-state index in [2.05, 4.69) is 10.3 Å². The van der Waals surface area contributed by atoms with Crippen LogP contribution in [0.15, 0.2) is 44.9 Å². The Bertz CT molecular complexity index is 867. The Morgan fingerprint density at radius 3 is 2.67 bits per heavy atom. The van der Waals surface area contributed by atoms with E-state index in [9.17, 15) is 13.5 Å². The number of nitrogens with one attached hydrogen (secondary N) is 1. The van der Waals surface area contributed by atoms with Gasteiger partial charge >= 0.3 is 0 Å². The Morgan fingerprint density at radius 2 is 2.04 bits per heavy atom. The number of nitrogens with two attached hydrogens (primary N) is 1. The minimum atomic E-state index is -3.51. The highest BCUT2D eigenvalue weighted by Crippen LogP contribution is 2.27. The minimum absolute atomic E-state index is 0.0220. The number of thiophene rings is 1. The summed E-state index contributed by atoms with van der Waals surface area (Å²) in [5.74, 6) is 0.929. The van der Waals surface area contributed by atoms with Gasteiger partial charge in [0.15, 0.2) is 27.3 Å². The third-order valence-electron chi connectivity index (χ3n) is 3.61. The zero-order valence-corrected chi connectivity index (χ0v) is 16.7. The molecule has 1 heterocycles. The van der Waals surface area contributed by atoms with Crippen LogP contribution in [0.1, 0.15) is 5.56 Å². The first-order chi connectivity index (χ1) is 12.9. The van der Waals surface area contributed by atoms with Crippen molar-refractivity contribution < 1.29 is 23.0 Å². The van der Waals surface area contributed by atoms with Gasteiger partial charge in [-0.3, -0.25) is 0 Å². The second kappa shape index (κ2) is 9.58. The topological polar surface area (TPSA) is 123 Å². The molecule has 1 unspecified atom stereocenters. The van der Waals surface area contributed by atoms with Crippen molar-refractivity contribution >= 4 is 27.1 Å². The van der Waals surface area contributed by atoms with Crippen LogP contribution < -0.4 is 20.5 Å². The number of sulfone groups is 1. The molecule has 148 valence electrons. The first-order valence-electron chi connectivity index (χ1n) is 8.04. The van der Waals surface area contributed by atoms with Gasteiger partial charge in [-0.1, -0.05) is 12.1 Å². The number of hydrogen-bond acceptors (Lipinski definition) is 7. The number of guanidine groups is 1. The van der Waals surface area contributed by atoms with Crippen LogP contribution in [-0.4, -0.2) is 52.1 Å². The molecule has 0 bridgehead atoms. The zero-order chi connectivity index (χ0) is 19.9. The average molecular weight is 414 g/mol. The number of aliphatic imine (C=N–C) groups is 1. The summed E-state index contributed by atoms with van der Waals surface area (Å²) in [6, 6.07) is 8.56. The molecule has 0 saturated carbocycles. The Kier molecular flexibility index (Phi) is 7.45. The molecule has 4 N–H and O–H groups in total. The predicted octanol–water partition coefficient (Wildman–Crippen LogP) is 1.00. The second-order valence-corrected chi connectivity index (χ2v) is 8.85. The number of benzene rings is 1. The molecule has 0 aliphatic rings. The van der Waals surface area contributed by atoms with Crippen LogP contribution >= 0.6 is 11.3 Å². The standard InChI is InChI=1S/C17H23N3O5S2/c1-24-14-6-5-12(8-15(14)25-2)9-19-17(18)20-10-13(21)11-27(22,23)16-4-3-7-26-16/h3-8,13,21H,9-11H2,1-2H3,(H3,18,19,20). The van der Waals surface area contributed by atoms with Crippen LogP contribution in [0.25, 0.3) is 0 Å². The van der Waals surface area contributed by atoms with Gasteiger partial charge in [0, 0.05) is 6.54 Å². The lowest BCUT2D eigenvalue weighted by molar-refractivity contribution is 0.200. The summed E-state index contributed by atoms with van der Waals surface area (Å²) in [6.07, 6.45) is -1.10. The summed E-state index contributed by atoms with van der Waals surface area (Å²) in [5, 5.41) is 14.4. The monoisotopic (exact) mass is 413 g/mol. The van der Waals surface area contributed by atoms with E-state index in [1.54, 1.807) is 37.8 Å². The van der Waals surface area contributed by atoms with Crippen molar-refractivity contribution in [2.24, 2.45) is 10.7 Å². The number of hydrogen-bond donors (Lipinski definition) is 3. The van der Waals surface area contributed by atoms with Gasteiger partial charge in [-0.2, -0.15) is 0 Å². The van der Waals surface area contributed by atoms with Gasteiger partial charge in [0.25, 0.3) is 0 Å². The summed E-state index contributed by atoms with van der Waals surface area (Å²) >= 11 is 1.12. The maximum absolute atomic E-state index is 12.1. The lowest BCUT2D eigenvalue weighted by atomic mass is 10.2. The highest BCUT2D eigenvalue weighted by Gasteiger charge is 2.20. The molecule has 27 heavy (non-hydrogen) atoms. The number of aliphatic hydroxyl groups excluding tert-OH is 1. The van der Waals surface area contributed by atoms with Crippen LogP contribution in [0.3, 0.4) is 0 Å². The van der Waals surface area contributed by atoms with E-state index in [-0.39, 0.29) is 22.5 Å². The van der Waals surface area contributed by atoms with Crippen molar-refractivity contribution in [3.63, 3.8) is 0 Å².